The molecule has 0 aliphatic heterocycles. The minimum absolute atomic E-state index is 0.199. The Hall–Kier alpha value is -1.09. The Morgan fingerprint density at radius 3 is 2.64 bits per heavy atom. The molecule has 0 heterocycles. The third-order valence-corrected chi connectivity index (χ3v) is 2.22. The topological polar surface area (TPSA) is 35.2 Å². The average Bonchev–Trinajstić information content (AvgIpc) is 2.17. The monoisotopic (exact) mass is 197 g/mol. The number of methoxy groups -OCH3 is 1. The summed E-state index contributed by atoms with van der Waals surface area (Å²) in [5.41, 5.74) is 6.93. The molecule has 0 aliphatic carbocycles. The predicted molar refractivity (Wildman–Crippen MR) is 55.1 cm³/mol. The molecule has 2 N–H and O–H groups in total. The third kappa shape index (κ3) is 2.23. The van der Waals surface area contributed by atoms with Gasteiger partial charge >= 0.3 is 0 Å². The molecule has 14 heavy (non-hydrogen) atoms. The van der Waals surface area contributed by atoms with Crippen molar-refractivity contribution >= 4 is 0 Å². The highest BCUT2D eigenvalue weighted by molar-refractivity contribution is 5.39. The van der Waals surface area contributed by atoms with Crippen LogP contribution in [0.25, 0.3) is 0 Å². The fraction of sp³-hybridized carbons (Fsp3) is 0.455. The molecule has 1 aromatic rings. The summed E-state index contributed by atoms with van der Waals surface area (Å²) in [7, 11) is 1.56. The summed E-state index contributed by atoms with van der Waals surface area (Å²) in [6.45, 7) is 2.43. The van der Waals surface area contributed by atoms with Gasteiger partial charge in [0.15, 0.2) is 0 Å². The molecule has 0 saturated heterocycles. The van der Waals surface area contributed by atoms with E-state index >= 15 is 0 Å². The van der Waals surface area contributed by atoms with Crippen LogP contribution in [0.1, 0.15) is 18.1 Å². The maximum Gasteiger partial charge on any atom is 0.130 e. The molecular weight excluding hydrogens is 181 g/mol. The zero-order valence-corrected chi connectivity index (χ0v) is 8.64. The van der Waals surface area contributed by atoms with Gasteiger partial charge in [0.2, 0.25) is 0 Å². The highest BCUT2D eigenvalue weighted by Gasteiger charge is 2.09. The second-order valence-corrected chi connectivity index (χ2v) is 3.15. The summed E-state index contributed by atoms with van der Waals surface area (Å²) in [6.07, 6.45) is 1.31. The Morgan fingerprint density at radius 2 is 2.14 bits per heavy atom. The number of hydrogen-bond acceptors (Lipinski definition) is 2. The zero-order chi connectivity index (χ0) is 10.6. The van der Waals surface area contributed by atoms with E-state index in [1.165, 1.54) is 6.07 Å². The van der Waals surface area contributed by atoms with E-state index in [1.807, 2.05) is 13.0 Å². The minimum Gasteiger partial charge on any atom is -0.496 e. The lowest BCUT2D eigenvalue weighted by atomic mass is 10.1. The van der Waals surface area contributed by atoms with Gasteiger partial charge in [-0.25, -0.2) is 4.39 Å². The van der Waals surface area contributed by atoms with Gasteiger partial charge in [-0.2, -0.15) is 0 Å². The Morgan fingerprint density at radius 1 is 1.43 bits per heavy atom. The maximum absolute atomic E-state index is 13.5. The van der Waals surface area contributed by atoms with Crippen LogP contribution in [0, 0.1) is 5.82 Å². The van der Waals surface area contributed by atoms with Crippen molar-refractivity contribution in [1.29, 1.82) is 0 Å². The first kappa shape index (κ1) is 11.0. The molecule has 0 bridgehead atoms. The van der Waals surface area contributed by atoms with Gasteiger partial charge in [0.25, 0.3) is 0 Å². The van der Waals surface area contributed by atoms with Crippen LogP contribution in [0.4, 0.5) is 4.39 Å². The largest absolute Gasteiger partial charge is 0.496 e. The lowest BCUT2D eigenvalue weighted by Gasteiger charge is -2.10. The number of halogens is 1. The van der Waals surface area contributed by atoms with Crippen LogP contribution in [0.5, 0.6) is 5.75 Å². The molecule has 0 radical (unpaired) electrons. The van der Waals surface area contributed by atoms with Crippen LogP contribution in [0.15, 0.2) is 12.1 Å². The summed E-state index contributed by atoms with van der Waals surface area (Å²) in [5, 5.41) is 0. The third-order valence-electron chi connectivity index (χ3n) is 2.22. The molecule has 0 spiro atoms. The van der Waals surface area contributed by atoms with Gasteiger partial charge in [-0.3, -0.25) is 0 Å². The quantitative estimate of drug-likeness (QED) is 0.800. The van der Waals surface area contributed by atoms with Crippen molar-refractivity contribution in [1.82, 2.24) is 0 Å². The fourth-order valence-corrected chi connectivity index (χ4v) is 1.50. The molecule has 1 aromatic carbocycles. The SMILES string of the molecule is CCc1c(F)cc(CCN)cc1OC. The van der Waals surface area contributed by atoms with Crippen molar-refractivity contribution in [2.75, 3.05) is 13.7 Å². The molecule has 0 amide bonds. The molecule has 0 aromatic heterocycles. The number of ether oxygens (including phenoxy) is 1. The van der Waals surface area contributed by atoms with Crippen molar-refractivity contribution in [2.45, 2.75) is 19.8 Å². The normalized spacial score (nSPS) is 10.3. The summed E-state index contributed by atoms with van der Waals surface area (Å²) in [5.74, 6) is 0.422. The van der Waals surface area contributed by atoms with Crippen molar-refractivity contribution in [2.24, 2.45) is 5.73 Å². The number of benzene rings is 1. The first-order valence-electron chi connectivity index (χ1n) is 4.78. The van der Waals surface area contributed by atoms with Crippen molar-refractivity contribution in [3.63, 3.8) is 0 Å². The van der Waals surface area contributed by atoms with Crippen molar-refractivity contribution in [3.05, 3.63) is 29.1 Å². The summed E-state index contributed by atoms with van der Waals surface area (Å²) >= 11 is 0. The lowest BCUT2D eigenvalue weighted by Crippen LogP contribution is -2.04. The molecule has 2 nitrogen and oxygen atoms in total. The van der Waals surface area contributed by atoms with E-state index in [1.54, 1.807) is 7.11 Å². The van der Waals surface area contributed by atoms with Crippen LogP contribution < -0.4 is 10.5 Å². The van der Waals surface area contributed by atoms with E-state index < -0.39 is 0 Å². The summed E-state index contributed by atoms with van der Waals surface area (Å²) in [6, 6.07) is 3.39. The highest BCUT2D eigenvalue weighted by Crippen LogP contribution is 2.24. The molecule has 0 fully saturated rings. The van der Waals surface area contributed by atoms with Gasteiger partial charge in [-0.15, -0.1) is 0 Å². The number of rotatable bonds is 4. The Labute approximate surface area is 83.9 Å². The number of nitrogens with two attached hydrogens (primary N) is 1. The Balaban J connectivity index is 3.10. The second-order valence-electron chi connectivity index (χ2n) is 3.15. The molecule has 0 saturated carbocycles. The molecule has 0 atom stereocenters. The van der Waals surface area contributed by atoms with Gasteiger partial charge in [-0.1, -0.05) is 6.92 Å². The molecule has 0 unspecified atom stereocenters. The van der Waals surface area contributed by atoms with Crippen LogP contribution in [0.2, 0.25) is 0 Å². The first-order valence-corrected chi connectivity index (χ1v) is 4.78. The molecule has 78 valence electrons. The van der Waals surface area contributed by atoms with Gasteiger partial charge in [0.1, 0.15) is 11.6 Å². The van der Waals surface area contributed by atoms with Crippen LogP contribution in [0.3, 0.4) is 0 Å². The Kier molecular flexibility index (Phi) is 3.89. The van der Waals surface area contributed by atoms with E-state index in [2.05, 4.69) is 0 Å². The first-order chi connectivity index (χ1) is 6.72. The summed E-state index contributed by atoms with van der Waals surface area (Å²) in [4.78, 5) is 0. The van der Waals surface area contributed by atoms with Crippen LogP contribution >= 0.6 is 0 Å². The average molecular weight is 197 g/mol. The van der Waals surface area contributed by atoms with E-state index in [9.17, 15) is 4.39 Å². The predicted octanol–water partition coefficient (Wildman–Crippen LogP) is 1.90. The smallest absolute Gasteiger partial charge is 0.130 e. The fourth-order valence-electron chi connectivity index (χ4n) is 1.50. The second kappa shape index (κ2) is 4.96. The number of hydrogen-bond donors (Lipinski definition) is 1. The van der Waals surface area contributed by atoms with Gasteiger partial charge < -0.3 is 10.5 Å². The van der Waals surface area contributed by atoms with Crippen molar-refractivity contribution < 1.29 is 9.13 Å². The molecule has 3 heteroatoms. The molecular formula is C11H16FNO. The van der Waals surface area contributed by atoms with E-state index in [0.717, 1.165) is 5.56 Å². The van der Waals surface area contributed by atoms with Gasteiger partial charge in [0, 0.05) is 5.56 Å². The van der Waals surface area contributed by atoms with Crippen LogP contribution in [-0.2, 0) is 12.8 Å². The standard InChI is InChI=1S/C11H16FNO/c1-3-9-10(12)6-8(4-5-13)7-11(9)14-2/h6-7H,3-5,13H2,1-2H3. The Bertz CT molecular complexity index is 312. The van der Waals surface area contributed by atoms with Crippen molar-refractivity contribution in [3.8, 4) is 5.75 Å². The van der Waals surface area contributed by atoms with E-state index in [4.69, 9.17) is 10.5 Å². The minimum atomic E-state index is -0.199. The maximum atomic E-state index is 13.5. The van der Waals surface area contributed by atoms with Crippen LogP contribution in [-0.4, -0.2) is 13.7 Å². The van der Waals surface area contributed by atoms with Gasteiger partial charge in [-0.05, 0) is 37.1 Å². The van der Waals surface area contributed by atoms with E-state index in [0.29, 0.717) is 30.7 Å². The van der Waals surface area contributed by atoms with Gasteiger partial charge in [0.05, 0.1) is 7.11 Å². The molecule has 1 rings (SSSR count). The lowest BCUT2D eigenvalue weighted by molar-refractivity contribution is 0.404. The summed E-state index contributed by atoms with van der Waals surface area (Å²) < 4.78 is 18.6. The zero-order valence-electron chi connectivity index (χ0n) is 8.64. The van der Waals surface area contributed by atoms with E-state index in [-0.39, 0.29) is 5.82 Å². The highest BCUT2D eigenvalue weighted by atomic mass is 19.1. The molecule has 0 aliphatic rings.